The SMILES string of the molecule is CNC(CCSCCC(C)C)(C(=O)OC)c1ccccc1. The Morgan fingerprint density at radius 3 is 2.48 bits per heavy atom. The summed E-state index contributed by atoms with van der Waals surface area (Å²) in [7, 11) is 3.27. The van der Waals surface area contributed by atoms with Crippen LogP contribution in [-0.4, -0.2) is 31.6 Å². The molecule has 0 aliphatic rings. The molecule has 1 aromatic rings. The number of ether oxygens (including phenoxy) is 1. The summed E-state index contributed by atoms with van der Waals surface area (Å²) in [4.78, 5) is 12.3. The number of methoxy groups -OCH3 is 1. The van der Waals surface area contributed by atoms with E-state index in [2.05, 4.69) is 19.2 Å². The van der Waals surface area contributed by atoms with Crippen LogP contribution in [0.1, 0.15) is 32.3 Å². The van der Waals surface area contributed by atoms with Gasteiger partial charge in [0, 0.05) is 0 Å². The van der Waals surface area contributed by atoms with E-state index in [-0.39, 0.29) is 5.97 Å². The number of carbonyl (C=O) groups is 1. The molecule has 0 aliphatic heterocycles. The molecular formula is C17H27NO2S. The van der Waals surface area contributed by atoms with E-state index in [1.54, 1.807) is 0 Å². The van der Waals surface area contributed by atoms with Gasteiger partial charge in [-0.25, -0.2) is 4.79 Å². The third kappa shape index (κ3) is 5.04. The quantitative estimate of drug-likeness (QED) is 0.560. The maximum Gasteiger partial charge on any atom is 0.330 e. The molecule has 0 heterocycles. The van der Waals surface area contributed by atoms with Gasteiger partial charge in [0.05, 0.1) is 7.11 Å². The normalized spacial score (nSPS) is 14.0. The summed E-state index contributed by atoms with van der Waals surface area (Å²) in [5.41, 5.74) is 0.213. The Morgan fingerprint density at radius 2 is 1.95 bits per heavy atom. The molecule has 0 aromatic heterocycles. The summed E-state index contributed by atoms with van der Waals surface area (Å²) in [6.07, 6.45) is 1.93. The van der Waals surface area contributed by atoms with Gasteiger partial charge in [-0.05, 0) is 42.9 Å². The highest BCUT2D eigenvalue weighted by Gasteiger charge is 2.39. The monoisotopic (exact) mass is 309 g/mol. The van der Waals surface area contributed by atoms with Crippen LogP contribution >= 0.6 is 11.8 Å². The van der Waals surface area contributed by atoms with Crippen LogP contribution in [0, 0.1) is 5.92 Å². The third-order valence-corrected chi connectivity index (χ3v) is 4.71. The lowest BCUT2D eigenvalue weighted by molar-refractivity contribution is -0.149. The second-order valence-electron chi connectivity index (χ2n) is 5.56. The van der Waals surface area contributed by atoms with Crippen LogP contribution in [0.3, 0.4) is 0 Å². The topological polar surface area (TPSA) is 38.3 Å². The number of carbonyl (C=O) groups excluding carboxylic acids is 1. The molecule has 0 fully saturated rings. The highest BCUT2D eigenvalue weighted by molar-refractivity contribution is 7.99. The zero-order chi connectivity index (χ0) is 15.7. The highest BCUT2D eigenvalue weighted by atomic mass is 32.2. The van der Waals surface area contributed by atoms with Crippen LogP contribution in [-0.2, 0) is 15.1 Å². The van der Waals surface area contributed by atoms with E-state index in [1.807, 2.05) is 49.1 Å². The van der Waals surface area contributed by atoms with Crippen LogP contribution in [0.25, 0.3) is 0 Å². The second-order valence-corrected chi connectivity index (χ2v) is 6.78. The van der Waals surface area contributed by atoms with E-state index in [4.69, 9.17) is 4.74 Å². The lowest BCUT2D eigenvalue weighted by atomic mass is 9.87. The lowest BCUT2D eigenvalue weighted by Crippen LogP contribution is -2.48. The van der Waals surface area contributed by atoms with Crippen molar-refractivity contribution in [3.63, 3.8) is 0 Å². The molecule has 0 bridgehead atoms. The Bertz CT molecular complexity index is 422. The lowest BCUT2D eigenvalue weighted by Gasteiger charge is -2.31. The van der Waals surface area contributed by atoms with Gasteiger partial charge in [0.1, 0.15) is 5.54 Å². The predicted molar refractivity (Wildman–Crippen MR) is 90.6 cm³/mol. The minimum Gasteiger partial charge on any atom is -0.467 e. The van der Waals surface area contributed by atoms with Crippen molar-refractivity contribution in [3.05, 3.63) is 35.9 Å². The first kappa shape index (κ1) is 18.1. The molecular weight excluding hydrogens is 282 g/mol. The Hall–Kier alpha value is -1.00. The molecule has 21 heavy (non-hydrogen) atoms. The van der Waals surface area contributed by atoms with Crippen LogP contribution in [0.4, 0.5) is 0 Å². The maximum absolute atomic E-state index is 12.3. The average Bonchev–Trinajstić information content (AvgIpc) is 2.51. The number of likely N-dealkylation sites (N-methyl/N-ethyl adjacent to an activating group) is 1. The second kappa shape index (κ2) is 9.11. The summed E-state index contributed by atoms with van der Waals surface area (Å²) in [6.45, 7) is 4.47. The fraction of sp³-hybridized carbons (Fsp3) is 0.588. The fourth-order valence-electron chi connectivity index (χ4n) is 2.28. The van der Waals surface area contributed by atoms with E-state index < -0.39 is 5.54 Å². The van der Waals surface area contributed by atoms with Gasteiger partial charge >= 0.3 is 5.97 Å². The first-order valence-electron chi connectivity index (χ1n) is 7.47. The highest BCUT2D eigenvalue weighted by Crippen LogP contribution is 2.28. The molecule has 1 N–H and O–H groups in total. The molecule has 1 aromatic carbocycles. The van der Waals surface area contributed by atoms with Crippen molar-refractivity contribution in [2.75, 3.05) is 25.7 Å². The van der Waals surface area contributed by atoms with Gasteiger partial charge in [0.2, 0.25) is 0 Å². The number of hydrogen-bond donors (Lipinski definition) is 1. The minimum atomic E-state index is -0.749. The summed E-state index contributed by atoms with van der Waals surface area (Å²) in [5, 5.41) is 3.19. The van der Waals surface area contributed by atoms with E-state index in [0.29, 0.717) is 0 Å². The van der Waals surface area contributed by atoms with Gasteiger partial charge in [0.15, 0.2) is 0 Å². The molecule has 1 unspecified atom stereocenters. The van der Waals surface area contributed by atoms with Crippen molar-refractivity contribution < 1.29 is 9.53 Å². The van der Waals surface area contributed by atoms with Gasteiger partial charge in [-0.15, -0.1) is 0 Å². The largest absolute Gasteiger partial charge is 0.467 e. The van der Waals surface area contributed by atoms with Gasteiger partial charge in [-0.1, -0.05) is 44.2 Å². The van der Waals surface area contributed by atoms with Crippen molar-refractivity contribution >= 4 is 17.7 Å². The Kier molecular flexibility index (Phi) is 7.83. The number of rotatable bonds is 9. The number of esters is 1. The summed E-state index contributed by atoms with van der Waals surface area (Å²) < 4.78 is 5.05. The Balaban J connectivity index is 2.76. The van der Waals surface area contributed by atoms with E-state index in [0.717, 1.165) is 29.4 Å². The zero-order valence-electron chi connectivity index (χ0n) is 13.5. The van der Waals surface area contributed by atoms with Crippen LogP contribution < -0.4 is 5.32 Å². The van der Waals surface area contributed by atoms with E-state index in [9.17, 15) is 4.79 Å². The Morgan fingerprint density at radius 1 is 1.29 bits per heavy atom. The first-order chi connectivity index (χ1) is 10.1. The van der Waals surface area contributed by atoms with Gasteiger partial charge in [-0.2, -0.15) is 11.8 Å². The smallest absolute Gasteiger partial charge is 0.330 e. The number of benzene rings is 1. The van der Waals surface area contributed by atoms with Gasteiger partial charge in [0.25, 0.3) is 0 Å². The van der Waals surface area contributed by atoms with Gasteiger partial charge in [-0.3, -0.25) is 0 Å². The minimum absolute atomic E-state index is 0.222. The number of nitrogens with one attached hydrogen (secondary N) is 1. The summed E-state index contributed by atoms with van der Waals surface area (Å²) >= 11 is 1.90. The van der Waals surface area contributed by atoms with Crippen molar-refractivity contribution in [2.45, 2.75) is 32.2 Å². The third-order valence-electron chi connectivity index (χ3n) is 3.69. The van der Waals surface area contributed by atoms with Gasteiger partial charge < -0.3 is 10.1 Å². The molecule has 118 valence electrons. The molecule has 4 heteroatoms. The van der Waals surface area contributed by atoms with Crippen LogP contribution in [0.2, 0.25) is 0 Å². The fourth-order valence-corrected chi connectivity index (χ4v) is 3.57. The molecule has 3 nitrogen and oxygen atoms in total. The molecule has 1 rings (SSSR count). The summed E-state index contributed by atoms with van der Waals surface area (Å²) in [5.74, 6) is 2.56. The molecule has 0 amide bonds. The van der Waals surface area contributed by atoms with Crippen molar-refractivity contribution in [3.8, 4) is 0 Å². The average molecular weight is 309 g/mol. The van der Waals surface area contributed by atoms with Crippen molar-refractivity contribution in [1.82, 2.24) is 5.32 Å². The molecule has 0 spiro atoms. The number of hydrogen-bond acceptors (Lipinski definition) is 4. The standard InChI is InChI=1S/C17H27NO2S/c1-14(2)10-12-21-13-11-17(18-3,16(19)20-4)15-8-6-5-7-9-15/h5-9,14,18H,10-13H2,1-4H3. The maximum atomic E-state index is 12.3. The zero-order valence-corrected chi connectivity index (χ0v) is 14.3. The van der Waals surface area contributed by atoms with Crippen LogP contribution in [0.15, 0.2) is 30.3 Å². The molecule has 1 atom stereocenters. The molecule has 0 radical (unpaired) electrons. The first-order valence-corrected chi connectivity index (χ1v) is 8.63. The summed E-state index contributed by atoms with van der Waals surface area (Å²) in [6, 6.07) is 9.82. The number of thioether (sulfide) groups is 1. The Labute approximate surface area is 132 Å². The molecule has 0 aliphatic carbocycles. The van der Waals surface area contributed by atoms with E-state index in [1.165, 1.54) is 13.5 Å². The molecule has 0 saturated carbocycles. The van der Waals surface area contributed by atoms with Crippen molar-refractivity contribution in [1.29, 1.82) is 0 Å². The van der Waals surface area contributed by atoms with Crippen molar-refractivity contribution in [2.24, 2.45) is 5.92 Å². The van der Waals surface area contributed by atoms with E-state index >= 15 is 0 Å². The predicted octanol–water partition coefficient (Wildman–Crippen LogP) is 3.44. The molecule has 0 saturated heterocycles. The van der Waals surface area contributed by atoms with Crippen LogP contribution in [0.5, 0.6) is 0 Å².